The Balaban J connectivity index is 1.68. The highest BCUT2D eigenvalue weighted by atomic mass is 32.2. The van der Waals surface area contributed by atoms with Gasteiger partial charge in [0.15, 0.2) is 0 Å². The number of imidazole rings is 1. The van der Waals surface area contributed by atoms with Crippen molar-refractivity contribution in [2.24, 2.45) is 5.92 Å². The molecule has 1 aliphatic carbocycles. The van der Waals surface area contributed by atoms with Gasteiger partial charge in [0.1, 0.15) is 5.82 Å². The molecule has 2 aliphatic rings. The van der Waals surface area contributed by atoms with Gasteiger partial charge in [0, 0.05) is 37.4 Å². The number of aryl methyl sites for hydroxylation is 1. The van der Waals surface area contributed by atoms with Crippen molar-refractivity contribution in [1.29, 1.82) is 0 Å². The quantitative estimate of drug-likeness (QED) is 0.832. The van der Waals surface area contributed by atoms with Crippen LogP contribution in [0.1, 0.15) is 43.7 Å². The van der Waals surface area contributed by atoms with E-state index in [2.05, 4.69) is 16.5 Å². The molecule has 1 saturated heterocycles. The van der Waals surface area contributed by atoms with Crippen LogP contribution in [0.2, 0.25) is 0 Å². The maximum absolute atomic E-state index is 11.9. The molecule has 0 bridgehead atoms. The molecule has 0 N–H and O–H groups in total. The predicted octanol–water partition coefficient (Wildman–Crippen LogP) is 1.74. The van der Waals surface area contributed by atoms with Crippen molar-refractivity contribution in [2.75, 3.05) is 18.8 Å². The molecule has 1 aromatic rings. The van der Waals surface area contributed by atoms with Crippen LogP contribution >= 0.6 is 0 Å². The van der Waals surface area contributed by atoms with E-state index in [0.29, 0.717) is 25.0 Å². The summed E-state index contributed by atoms with van der Waals surface area (Å²) in [4.78, 5) is 4.54. The lowest BCUT2D eigenvalue weighted by Gasteiger charge is -2.15. The van der Waals surface area contributed by atoms with E-state index < -0.39 is 10.0 Å². The normalized spacial score (nSPS) is 24.4. The van der Waals surface area contributed by atoms with Crippen LogP contribution in [0.3, 0.4) is 0 Å². The molecule has 20 heavy (non-hydrogen) atoms. The highest BCUT2D eigenvalue weighted by Gasteiger charge is 2.33. The van der Waals surface area contributed by atoms with Crippen LogP contribution in [-0.4, -0.2) is 41.1 Å². The van der Waals surface area contributed by atoms with Gasteiger partial charge in [0.25, 0.3) is 0 Å². The Morgan fingerprint density at radius 3 is 2.75 bits per heavy atom. The second kappa shape index (κ2) is 5.15. The van der Waals surface area contributed by atoms with Crippen LogP contribution in [-0.2, 0) is 16.4 Å². The van der Waals surface area contributed by atoms with Gasteiger partial charge in [-0.3, -0.25) is 0 Å². The van der Waals surface area contributed by atoms with Crippen molar-refractivity contribution in [3.63, 3.8) is 0 Å². The van der Waals surface area contributed by atoms with Crippen LogP contribution < -0.4 is 0 Å². The average molecular weight is 297 g/mol. The fourth-order valence-corrected chi connectivity index (χ4v) is 4.32. The largest absolute Gasteiger partial charge is 0.329 e. The van der Waals surface area contributed by atoms with Gasteiger partial charge in [-0.2, -0.15) is 0 Å². The van der Waals surface area contributed by atoms with Gasteiger partial charge in [-0.05, 0) is 39.0 Å². The van der Waals surface area contributed by atoms with Gasteiger partial charge < -0.3 is 4.57 Å². The summed E-state index contributed by atoms with van der Waals surface area (Å²) in [5.74, 6) is 1.76. The number of hydrogen-bond acceptors (Lipinski definition) is 3. The van der Waals surface area contributed by atoms with Crippen LogP contribution in [0, 0.1) is 12.8 Å². The number of hydrogen-bond donors (Lipinski definition) is 0. The minimum Gasteiger partial charge on any atom is -0.329 e. The summed E-state index contributed by atoms with van der Waals surface area (Å²) in [6.07, 6.45) is 6.31. The van der Waals surface area contributed by atoms with E-state index in [1.807, 2.05) is 6.20 Å². The summed E-state index contributed by atoms with van der Waals surface area (Å²) in [5.41, 5.74) is 1.23. The van der Waals surface area contributed by atoms with Gasteiger partial charge in [-0.25, -0.2) is 17.7 Å². The summed E-state index contributed by atoms with van der Waals surface area (Å²) in [7, 11) is -3.03. The highest BCUT2D eigenvalue weighted by molar-refractivity contribution is 7.89. The lowest BCUT2D eigenvalue weighted by Crippen LogP contribution is -2.30. The molecular weight excluding hydrogens is 274 g/mol. The smallest absolute Gasteiger partial charge is 0.213 e. The third-order valence-corrected chi connectivity index (χ3v) is 6.30. The van der Waals surface area contributed by atoms with Crippen molar-refractivity contribution in [3.05, 3.63) is 17.7 Å². The molecule has 1 aromatic heterocycles. The molecule has 6 heteroatoms. The molecule has 0 amide bonds. The third kappa shape index (κ3) is 2.63. The van der Waals surface area contributed by atoms with Crippen molar-refractivity contribution in [3.8, 4) is 0 Å². The van der Waals surface area contributed by atoms with Gasteiger partial charge in [-0.1, -0.05) is 0 Å². The van der Waals surface area contributed by atoms with E-state index >= 15 is 0 Å². The number of sulfonamides is 1. The number of rotatable bonds is 5. The fraction of sp³-hybridized carbons (Fsp3) is 0.786. The first-order valence-electron chi connectivity index (χ1n) is 7.51. The Hall–Kier alpha value is -0.880. The molecule has 1 aliphatic heterocycles. The van der Waals surface area contributed by atoms with E-state index in [9.17, 15) is 8.42 Å². The molecule has 1 atom stereocenters. The zero-order valence-electron chi connectivity index (χ0n) is 12.2. The number of aromatic nitrogens is 2. The topological polar surface area (TPSA) is 55.2 Å². The van der Waals surface area contributed by atoms with Gasteiger partial charge in [-0.15, -0.1) is 0 Å². The van der Waals surface area contributed by atoms with E-state index in [0.717, 1.165) is 18.7 Å². The van der Waals surface area contributed by atoms with Crippen molar-refractivity contribution >= 4 is 10.0 Å². The first-order chi connectivity index (χ1) is 9.51. The molecule has 0 aromatic carbocycles. The second-order valence-electron chi connectivity index (χ2n) is 6.03. The lowest BCUT2D eigenvalue weighted by molar-refractivity contribution is 0.450. The Morgan fingerprint density at radius 2 is 2.10 bits per heavy atom. The van der Waals surface area contributed by atoms with Crippen molar-refractivity contribution in [1.82, 2.24) is 13.9 Å². The minimum atomic E-state index is -3.03. The Morgan fingerprint density at radius 1 is 1.35 bits per heavy atom. The van der Waals surface area contributed by atoms with Crippen LogP contribution in [0.4, 0.5) is 0 Å². The van der Waals surface area contributed by atoms with E-state index in [1.54, 1.807) is 11.2 Å². The summed E-state index contributed by atoms with van der Waals surface area (Å²) in [5, 5.41) is 0. The maximum Gasteiger partial charge on any atom is 0.213 e. The van der Waals surface area contributed by atoms with Gasteiger partial charge >= 0.3 is 0 Å². The summed E-state index contributed by atoms with van der Waals surface area (Å²) >= 11 is 0. The van der Waals surface area contributed by atoms with Crippen LogP contribution in [0.15, 0.2) is 6.20 Å². The Bertz CT molecular complexity index is 590. The fourth-order valence-electron chi connectivity index (χ4n) is 3.14. The molecule has 3 rings (SSSR count). The average Bonchev–Trinajstić information content (AvgIpc) is 3.02. The lowest BCUT2D eigenvalue weighted by atomic mass is 10.0. The number of nitrogens with zero attached hydrogens (tertiary/aromatic N) is 3. The summed E-state index contributed by atoms with van der Waals surface area (Å²) in [6, 6.07) is 0.643. The van der Waals surface area contributed by atoms with Crippen molar-refractivity contribution in [2.45, 2.75) is 45.6 Å². The zero-order chi connectivity index (χ0) is 14.3. The molecule has 1 saturated carbocycles. The first kappa shape index (κ1) is 14.1. The van der Waals surface area contributed by atoms with Gasteiger partial charge in [0.05, 0.1) is 5.75 Å². The summed E-state index contributed by atoms with van der Waals surface area (Å²) in [6.45, 7) is 5.15. The molecule has 5 nitrogen and oxygen atoms in total. The molecule has 1 unspecified atom stereocenters. The van der Waals surface area contributed by atoms with E-state index in [-0.39, 0.29) is 5.75 Å². The van der Waals surface area contributed by atoms with Crippen molar-refractivity contribution < 1.29 is 8.42 Å². The first-order valence-corrected chi connectivity index (χ1v) is 9.12. The monoisotopic (exact) mass is 297 g/mol. The SMILES string of the molecule is CCS(=O)(=O)N1CCC(Cc2ncc(C)n2C2CC2)C1. The van der Waals surface area contributed by atoms with E-state index in [1.165, 1.54) is 18.5 Å². The van der Waals surface area contributed by atoms with Gasteiger partial charge in [0.2, 0.25) is 10.0 Å². The standard InChI is InChI=1S/C14H23N3O2S/c1-3-20(18,19)16-7-6-12(10-16)8-14-15-9-11(2)17(14)13-4-5-13/h9,12-13H,3-8,10H2,1-2H3. The molecule has 2 fully saturated rings. The third-order valence-electron chi connectivity index (χ3n) is 4.45. The van der Waals surface area contributed by atoms with E-state index in [4.69, 9.17) is 0 Å². The molecular formula is C14H23N3O2S. The zero-order valence-corrected chi connectivity index (χ0v) is 13.1. The predicted molar refractivity (Wildman–Crippen MR) is 78.1 cm³/mol. The van der Waals surface area contributed by atoms with Crippen LogP contribution in [0.5, 0.6) is 0 Å². The molecule has 112 valence electrons. The molecule has 2 heterocycles. The maximum atomic E-state index is 11.9. The Kier molecular flexibility index (Phi) is 3.62. The van der Waals surface area contributed by atoms with Crippen LogP contribution in [0.25, 0.3) is 0 Å². The Labute approximate surface area is 121 Å². The summed E-state index contributed by atoms with van der Waals surface area (Å²) < 4.78 is 27.8. The molecule has 0 radical (unpaired) electrons. The second-order valence-corrected chi connectivity index (χ2v) is 8.29. The minimum absolute atomic E-state index is 0.204. The highest BCUT2D eigenvalue weighted by Crippen LogP contribution is 2.37. The molecule has 0 spiro atoms.